The molecule has 0 amide bonds. The Kier molecular flexibility index (Phi) is 5.55. The standard InChI is InChI=1S/C12H20N2O3S/c1-4-14-11(6-8-18(3,15)16)10-5-7-13-9-12(10)17-2/h5,7,9,11,14H,4,6,8H2,1-3H3. The summed E-state index contributed by atoms with van der Waals surface area (Å²) in [6.07, 6.45) is 5.09. The van der Waals surface area contributed by atoms with Crippen LogP contribution in [0.15, 0.2) is 18.5 Å². The number of ether oxygens (including phenoxy) is 1. The monoisotopic (exact) mass is 272 g/mol. The molecule has 0 aliphatic rings. The van der Waals surface area contributed by atoms with Gasteiger partial charge in [-0.15, -0.1) is 0 Å². The van der Waals surface area contributed by atoms with Crippen LogP contribution < -0.4 is 10.1 Å². The number of hydrogen-bond donors (Lipinski definition) is 1. The second-order valence-electron chi connectivity index (χ2n) is 4.15. The van der Waals surface area contributed by atoms with Crippen LogP contribution in [-0.2, 0) is 9.84 Å². The Balaban J connectivity index is 2.89. The zero-order valence-electron chi connectivity index (χ0n) is 11.0. The van der Waals surface area contributed by atoms with Crippen molar-refractivity contribution in [1.82, 2.24) is 10.3 Å². The minimum absolute atomic E-state index is 0.0392. The first-order chi connectivity index (χ1) is 8.48. The Morgan fingerprint density at radius 1 is 1.50 bits per heavy atom. The first-order valence-electron chi connectivity index (χ1n) is 5.87. The molecule has 0 aliphatic carbocycles. The molecule has 1 aromatic rings. The number of aromatic nitrogens is 1. The van der Waals surface area contributed by atoms with E-state index in [1.165, 1.54) is 6.26 Å². The van der Waals surface area contributed by atoms with Crippen LogP contribution in [0.1, 0.15) is 24.9 Å². The second-order valence-corrected chi connectivity index (χ2v) is 6.41. The highest BCUT2D eigenvalue weighted by Crippen LogP contribution is 2.26. The molecular formula is C12H20N2O3S. The summed E-state index contributed by atoms with van der Waals surface area (Å²) in [7, 11) is -1.38. The van der Waals surface area contributed by atoms with E-state index in [9.17, 15) is 8.42 Å². The SMILES string of the molecule is CCNC(CCS(C)(=O)=O)c1ccncc1OC. The topological polar surface area (TPSA) is 68.3 Å². The average molecular weight is 272 g/mol. The van der Waals surface area contributed by atoms with E-state index in [0.29, 0.717) is 12.2 Å². The highest BCUT2D eigenvalue weighted by molar-refractivity contribution is 7.90. The van der Waals surface area contributed by atoms with Crippen LogP contribution in [0.25, 0.3) is 0 Å². The van der Waals surface area contributed by atoms with Gasteiger partial charge in [-0.2, -0.15) is 0 Å². The minimum Gasteiger partial charge on any atom is -0.495 e. The largest absolute Gasteiger partial charge is 0.495 e. The normalized spacial score (nSPS) is 13.3. The molecule has 0 radical (unpaired) electrons. The van der Waals surface area contributed by atoms with Crippen molar-refractivity contribution in [3.63, 3.8) is 0 Å². The van der Waals surface area contributed by atoms with Crippen LogP contribution in [0.4, 0.5) is 0 Å². The summed E-state index contributed by atoms with van der Waals surface area (Å²) >= 11 is 0. The lowest BCUT2D eigenvalue weighted by atomic mass is 10.1. The van der Waals surface area contributed by atoms with E-state index in [-0.39, 0.29) is 11.8 Å². The molecular weight excluding hydrogens is 252 g/mol. The first-order valence-corrected chi connectivity index (χ1v) is 7.93. The van der Waals surface area contributed by atoms with E-state index < -0.39 is 9.84 Å². The molecule has 102 valence electrons. The molecule has 1 unspecified atom stereocenters. The van der Waals surface area contributed by atoms with E-state index in [1.54, 1.807) is 19.5 Å². The van der Waals surface area contributed by atoms with Crippen molar-refractivity contribution in [2.24, 2.45) is 0 Å². The van der Waals surface area contributed by atoms with Gasteiger partial charge in [0.05, 0.1) is 19.1 Å². The smallest absolute Gasteiger partial charge is 0.147 e. The molecule has 1 heterocycles. The molecule has 0 saturated carbocycles. The van der Waals surface area contributed by atoms with Crippen LogP contribution in [-0.4, -0.2) is 39.1 Å². The van der Waals surface area contributed by atoms with Gasteiger partial charge in [0, 0.05) is 24.1 Å². The molecule has 0 fully saturated rings. The molecule has 0 bridgehead atoms. The molecule has 1 rings (SSSR count). The van der Waals surface area contributed by atoms with Gasteiger partial charge in [-0.3, -0.25) is 4.98 Å². The fraction of sp³-hybridized carbons (Fsp3) is 0.583. The second kappa shape index (κ2) is 6.70. The molecule has 1 aromatic heterocycles. The zero-order valence-corrected chi connectivity index (χ0v) is 11.8. The number of rotatable bonds is 7. The van der Waals surface area contributed by atoms with E-state index in [2.05, 4.69) is 10.3 Å². The van der Waals surface area contributed by atoms with Crippen molar-refractivity contribution in [2.75, 3.05) is 25.7 Å². The van der Waals surface area contributed by atoms with Gasteiger partial charge >= 0.3 is 0 Å². The van der Waals surface area contributed by atoms with Crippen LogP contribution in [0, 0.1) is 0 Å². The summed E-state index contributed by atoms with van der Waals surface area (Å²) in [5.74, 6) is 0.827. The van der Waals surface area contributed by atoms with E-state index in [4.69, 9.17) is 4.74 Å². The number of hydrogen-bond acceptors (Lipinski definition) is 5. The van der Waals surface area contributed by atoms with Crippen molar-refractivity contribution in [3.05, 3.63) is 24.0 Å². The fourth-order valence-electron chi connectivity index (χ4n) is 1.80. The van der Waals surface area contributed by atoms with Crippen LogP contribution in [0.2, 0.25) is 0 Å². The summed E-state index contributed by atoms with van der Waals surface area (Å²) < 4.78 is 27.8. The molecule has 0 saturated heterocycles. The van der Waals surface area contributed by atoms with Crippen LogP contribution >= 0.6 is 0 Å². The van der Waals surface area contributed by atoms with Crippen molar-refractivity contribution in [3.8, 4) is 5.75 Å². The van der Waals surface area contributed by atoms with Crippen LogP contribution in [0.3, 0.4) is 0 Å². The van der Waals surface area contributed by atoms with Gasteiger partial charge in [-0.25, -0.2) is 8.42 Å². The van der Waals surface area contributed by atoms with Gasteiger partial charge in [0.2, 0.25) is 0 Å². The maximum atomic E-state index is 11.3. The van der Waals surface area contributed by atoms with Crippen LogP contribution in [0.5, 0.6) is 5.75 Å². The molecule has 6 heteroatoms. The summed E-state index contributed by atoms with van der Waals surface area (Å²) in [4.78, 5) is 4.00. The third-order valence-electron chi connectivity index (χ3n) is 2.64. The average Bonchev–Trinajstić information content (AvgIpc) is 2.33. The quantitative estimate of drug-likeness (QED) is 0.807. The lowest BCUT2D eigenvalue weighted by Crippen LogP contribution is -2.24. The predicted molar refractivity (Wildman–Crippen MR) is 71.5 cm³/mol. The Hall–Kier alpha value is -1.14. The fourth-order valence-corrected chi connectivity index (χ4v) is 2.46. The zero-order chi connectivity index (χ0) is 13.6. The Labute approximate surface area is 108 Å². The first kappa shape index (κ1) is 14.9. The lowest BCUT2D eigenvalue weighted by molar-refractivity contribution is 0.396. The van der Waals surface area contributed by atoms with E-state index in [1.807, 2.05) is 13.0 Å². The van der Waals surface area contributed by atoms with Gasteiger partial charge in [0.25, 0.3) is 0 Å². The summed E-state index contributed by atoms with van der Waals surface area (Å²) in [5, 5.41) is 3.27. The van der Waals surface area contributed by atoms with Gasteiger partial charge in [-0.05, 0) is 19.0 Å². The Bertz CT molecular complexity index is 474. The molecule has 0 aromatic carbocycles. The molecule has 18 heavy (non-hydrogen) atoms. The summed E-state index contributed by atoms with van der Waals surface area (Å²) in [5.41, 5.74) is 0.943. The predicted octanol–water partition coefficient (Wildman–Crippen LogP) is 1.18. The molecule has 0 spiro atoms. The molecule has 0 aliphatic heterocycles. The number of pyridine rings is 1. The van der Waals surface area contributed by atoms with Gasteiger partial charge in [0.1, 0.15) is 15.6 Å². The number of nitrogens with zero attached hydrogens (tertiary/aromatic N) is 1. The minimum atomic E-state index is -2.96. The lowest BCUT2D eigenvalue weighted by Gasteiger charge is -2.20. The van der Waals surface area contributed by atoms with E-state index in [0.717, 1.165) is 12.1 Å². The molecule has 1 N–H and O–H groups in total. The highest BCUT2D eigenvalue weighted by atomic mass is 32.2. The van der Waals surface area contributed by atoms with Crippen molar-refractivity contribution < 1.29 is 13.2 Å². The number of methoxy groups -OCH3 is 1. The number of sulfone groups is 1. The summed E-state index contributed by atoms with van der Waals surface area (Å²) in [6.45, 7) is 2.75. The highest BCUT2D eigenvalue weighted by Gasteiger charge is 2.17. The van der Waals surface area contributed by atoms with E-state index >= 15 is 0 Å². The third kappa shape index (κ3) is 4.62. The summed E-state index contributed by atoms with van der Waals surface area (Å²) in [6, 6.07) is 1.82. The third-order valence-corrected chi connectivity index (χ3v) is 3.62. The maximum absolute atomic E-state index is 11.3. The molecule has 1 atom stereocenters. The molecule has 5 nitrogen and oxygen atoms in total. The Morgan fingerprint density at radius 2 is 2.22 bits per heavy atom. The van der Waals surface area contributed by atoms with Crippen molar-refractivity contribution in [1.29, 1.82) is 0 Å². The van der Waals surface area contributed by atoms with Gasteiger partial charge < -0.3 is 10.1 Å². The maximum Gasteiger partial charge on any atom is 0.147 e. The Morgan fingerprint density at radius 3 is 2.78 bits per heavy atom. The van der Waals surface area contributed by atoms with Crippen molar-refractivity contribution >= 4 is 9.84 Å². The van der Waals surface area contributed by atoms with Crippen molar-refractivity contribution in [2.45, 2.75) is 19.4 Å². The number of nitrogens with one attached hydrogen (secondary N) is 1. The van der Waals surface area contributed by atoms with Gasteiger partial charge in [0.15, 0.2) is 0 Å². The van der Waals surface area contributed by atoms with Gasteiger partial charge in [-0.1, -0.05) is 6.92 Å².